The van der Waals surface area contributed by atoms with Crippen LogP contribution in [0.4, 0.5) is 5.69 Å². The van der Waals surface area contributed by atoms with Gasteiger partial charge in [0.05, 0.1) is 21.2 Å². The Hall–Kier alpha value is -2.05. The topological polar surface area (TPSA) is 66.5 Å². The minimum atomic E-state index is -3.71. The molecule has 2 aliphatic rings. The third-order valence-electron chi connectivity index (χ3n) is 6.29. The highest BCUT2D eigenvalue weighted by Crippen LogP contribution is 2.44. The Balaban J connectivity index is 1.52. The highest BCUT2D eigenvalue weighted by Gasteiger charge is 2.40. The Morgan fingerprint density at radius 3 is 2.41 bits per heavy atom. The highest BCUT2D eigenvalue weighted by molar-refractivity contribution is 7.92. The summed E-state index contributed by atoms with van der Waals surface area (Å²) >= 11 is 6.37. The zero-order valence-corrected chi connectivity index (χ0v) is 18.1. The number of hydrogen-bond donors (Lipinski definition) is 1. The lowest BCUT2D eigenvalue weighted by Crippen LogP contribution is -2.38. The minimum Gasteiger partial charge on any atom is -0.349 e. The van der Waals surface area contributed by atoms with Crippen molar-refractivity contribution in [3.63, 3.8) is 0 Å². The molecule has 0 saturated heterocycles. The predicted octanol–water partition coefficient (Wildman–Crippen LogP) is 4.39. The maximum atomic E-state index is 12.9. The number of nitrogens with zero attached hydrogens (tertiary/aromatic N) is 1. The van der Waals surface area contributed by atoms with Crippen molar-refractivity contribution >= 4 is 33.2 Å². The summed E-state index contributed by atoms with van der Waals surface area (Å²) < 4.78 is 26.9. The summed E-state index contributed by atoms with van der Waals surface area (Å²) in [5.41, 5.74) is 1.77. The van der Waals surface area contributed by atoms with Gasteiger partial charge in [-0.15, -0.1) is 0 Å². The first-order valence-corrected chi connectivity index (χ1v) is 11.7. The van der Waals surface area contributed by atoms with Crippen LogP contribution < -0.4 is 9.62 Å². The summed E-state index contributed by atoms with van der Waals surface area (Å²) in [4.78, 5) is 12.9. The van der Waals surface area contributed by atoms with Gasteiger partial charge in [-0.25, -0.2) is 8.42 Å². The van der Waals surface area contributed by atoms with Crippen LogP contribution in [0.1, 0.15) is 41.6 Å². The summed E-state index contributed by atoms with van der Waals surface area (Å²) in [5, 5.41) is 3.37. The van der Waals surface area contributed by atoms with Crippen LogP contribution in [0.25, 0.3) is 0 Å². The number of hydrogen-bond acceptors (Lipinski definition) is 3. The molecule has 29 heavy (non-hydrogen) atoms. The summed E-state index contributed by atoms with van der Waals surface area (Å²) in [6.45, 7) is 1.90. The molecular formula is C22H25ClN2O3S. The molecule has 2 aliphatic carbocycles. The van der Waals surface area contributed by atoms with Crippen LogP contribution in [0.2, 0.25) is 5.02 Å². The molecular weight excluding hydrogens is 408 g/mol. The summed E-state index contributed by atoms with van der Waals surface area (Å²) in [7, 11) is -2.23. The smallest absolute Gasteiger partial charge is 0.264 e. The van der Waals surface area contributed by atoms with Crippen molar-refractivity contribution in [1.29, 1.82) is 0 Å². The lowest BCUT2D eigenvalue weighted by Gasteiger charge is -2.23. The Morgan fingerprint density at radius 1 is 1.10 bits per heavy atom. The van der Waals surface area contributed by atoms with E-state index in [1.165, 1.54) is 36.7 Å². The minimum absolute atomic E-state index is 0.192. The second kappa shape index (κ2) is 7.65. The molecule has 0 aliphatic heterocycles. The number of nitrogens with one attached hydrogen (secondary N) is 1. The Labute approximate surface area is 177 Å². The van der Waals surface area contributed by atoms with E-state index in [1.54, 1.807) is 36.4 Å². The number of amides is 1. The summed E-state index contributed by atoms with van der Waals surface area (Å²) in [6, 6.07) is 11.7. The van der Waals surface area contributed by atoms with E-state index in [4.69, 9.17) is 11.6 Å². The molecule has 2 aromatic carbocycles. The van der Waals surface area contributed by atoms with Crippen molar-refractivity contribution in [2.24, 2.45) is 11.8 Å². The van der Waals surface area contributed by atoms with Crippen molar-refractivity contribution in [2.75, 3.05) is 11.4 Å². The molecule has 2 fully saturated rings. The molecule has 1 amide bonds. The lowest BCUT2D eigenvalue weighted by molar-refractivity contribution is 0.0923. The van der Waals surface area contributed by atoms with Gasteiger partial charge in [0.25, 0.3) is 15.9 Å². The van der Waals surface area contributed by atoms with Crippen LogP contribution >= 0.6 is 11.6 Å². The van der Waals surface area contributed by atoms with E-state index >= 15 is 0 Å². The van der Waals surface area contributed by atoms with Crippen LogP contribution in [0.3, 0.4) is 0 Å². The van der Waals surface area contributed by atoms with Crippen molar-refractivity contribution in [1.82, 2.24) is 5.32 Å². The van der Waals surface area contributed by atoms with E-state index < -0.39 is 10.0 Å². The Kier molecular flexibility index (Phi) is 5.34. The fourth-order valence-corrected chi connectivity index (χ4v) is 6.01. The van der Waals surface area contributed by atoms with Gasteiger partial charge < -0.3 is 5.32 Å². The molecule has 4 rings (SSSR count). The molecule has 7 heteroatoms. The first kappa shape index (κ1) is 20.2. The Morgan fingerprint density at radius 2 is 1.83 bits per heavy atom. The van der Waals surface area contributed by atoms with Gasteiger partial charge in [-0.2, -0.15) is 0 Å². The van der Waals surface area contributed by atoms with Crippen LogP contribution in [0, 0.1) is 18.8 Å². The average molecular weight is 433 g/mol. The van der Waals surface area contributed by atoms with Gasteiger partial charge in [-0.05, 0) is 68.4 Å². The first-order chi connectivity index (χ1) is 13.8. The van der Waals surface area contributed by atoms with E-state index in [2.05, 4.69) is 5.32 Å². The van der Waals surface area contributed by atoms with Gasteiger partial charge in [-0.1, -0.05) is 35.7 Å². The SMILES string of the molecule is Cc1ccc(S(=O)(=O)N(C)c2ccc(C(=O)N[C@H]3C[C@H]4CC[C@H]3C4)c(Cl)c2)cc1. The van der Waals surface area contributed by atoms with E-state index in [0.29, 0.717) is 17.2 Å². The maximum Gasteiger partial charge on any atom is 0.264 e. The van der Waals surface area contributed by atoms with Crippen LogP contribution in [0.5, 0.6) is 0 Å². The third-order valence-corrected chi connectivity index (χ3v) is 8.41. The van der Waals surface area contributed by atoms with Crippen LogP contribution in [-0.2, 0) is 10.0 Å². The van der Waals surface area contributed by atoms with Crippen molar-refractivity contribution < 1.29 is 13.2 Å². The number of fused-ring (bicyclic) bond motifs is 2. The number of carbonyl (C=O) groups is 1. The van der Waals surface area contributed by atoms with E-state index in [-0.39, 0.29) is 21.9 Å². The quantitative estimate of drug-likeness (QED) is 0.761. The molecule has 3 atom stereocenters. The van der Waals surface area contributed by atoms with E-state index in [0.717, 1.165) is 17.9 Å². The van der Waals surface area contributed by atoms with Crippen molar-refractivity contribution in [3.8, 4) is 0 Å². The van der Waals surface area contributed by atoms with Crippen LogP contribution in [0.15, 0.2) is 47.4 Å². The second-order valence-electron chi connectivity index (χ2n) is 8.20. The number of aryl methyl sites for hydroxylation is 1. The highest BCUT2D eigenvalue weighted by atomic mass is 35.5. The molecule has 0 spiro atoms. The van der Waals surface area contributed by atoms with E-state index in [9.17, 15) is 13.2 Å². The third kappa shape index (κ3) is 3.88. The molecule has 2 bridgehead atoms. The van der Waals surface area contributed by atoms with E-state index in [1.807, 2.05) is 6.92 Å². The monoisotopic (exact) mass is 432 g/mol. The lowest BCUT2D eigenvalue weighted by atomic mass is 9.95. The number of halogens is 1. The van der Waals surface area contributed by atoms with Gasteiger partial charge in [0.15, 0.2) is 0 Å². The zero-order chi connectivity index (χ0) is 20.8. The molecule has 0 radical (unpaired) electrons. The molecule has 2 saturated carbocycles. The summed E-state index contributed by atoms with van der Waals surface area (Å²) in [5.74, 6) is 1.12. The van der Waals surface area contributed by atoms with Gasteiger partial charge in [0.2, 0.25) is 0 Å². The zero-order valence-electron chi connectivity index (χ0n) is 16.6. The van der Waals surface area contributed by atoms with Gasteiger partial charge >= 0.3 is 0 Å². The number of carbonyl (C=O) groups excluding carboxylic acids is 1. The number of sulfonamides is 1. The molecule has 154 valence electrons. The molecule has 5 nitrogen and oxygen atoms in total. The van der Waals surface area contributed by atoms with Crippen molar-refractivity contribution in [3.05, 3.63) is 58.6 Å². The fraction of sp³-hybridized carbons (Fsp3) is 0.409. The predicted molar refractivity (Wildman–Crippen MR) is 115 cm³/mol. The Bertz CT molecular complexity index is 1040. The molecule has 0 aromatic heterocycles. The summed E-state index contributed by atoms with van der Waals surface area (Å²) in [6.07, 6.45) is 4.71. The first-order valence-electron chi connectivity index (χ1n) is 9.91. The van der Waals surface area contributed by atoms with Crippen LogP contribution in [-0.4, -0.2) is 27.4 Å². The van der Waals surface area contributed by atoms with Gasteiger partial charge in [0.1, 0.15) is 0 Å². The number of anilines is 1. The van der Waals surface area contributed by atoms with Gasteiger partial charge in [-0.3, -0.25) is 9.10 Å². The largest absolute Gasteiger partial charge is 0.349 e. The average Bonchev–Trinajstić information content (AvgIpc) is 3.30. The molecule has 2 aromatic rings. The standard InChI is InChI=1S/C22H25ClN2O3S/c1-14-3-8-18(9-4-14)29(27,28)25(2)17-7-10-19(20(23)13-17)22(26)24-21-12-15-5-6-16(21)11-15/h3-4,7-10,13,15-16,21H,5-6,11-12H2,1-2H3,(H,24,26)/t15-,16-,21-/m0/s1. The molecule has 0 unspecified atom stereocenters. The number of benzene rings is 2. The number of rotatable bonds is 5. The normalized spacial score (nSPS) is 23.2. The maximum absolute atomic E-state index is 12.9. The molecule has 0 heterocycles. The fourth-order valence-electron chi connectivity index (χ4n) is 4.56. The second-order valence-corrected chi connectivity index (χ2v) is 10.6. The molecule has 1 N–H and O–H groups in total. The van der Waals surface area contributed by atoms with Crippen molar-refractivity contribution in [2.45, 2.75) is 43.5 Å². The van der Waals surface area contributed by atoms with Gasteiger partial charge in [0, 0.05) is 13.1 Å².